The predicted octanol–water partition coefficient (Wildman–Crippen LogP) is 9.95. The molecule has 0 radical (unpaired) electrons. The topological polar surface area (TPSA) is 9.23 Å². The van der Waals surface area contributed by atoms with E-state index in [4.69, 9.17) is 0 Å². The first-order chi connectivity index (χ1) is 19.1. The van der Waals surface area contributed by atoms with Crippen LogP contribution in [0.3, 0.4) is 0 Å². The van der Waals surface area contributed by atoms with E-state index in [0.717, 1.165) is 36.4 Å². The first-order valence-corrected chi connectivity index (χ1v) is 11.8. The van der Waals surface area contributed by atoms with Gasteiger partial charge in [-0.1, -0.05) is 25.5 Å². The second-order valence-electron chi connectivity index (χ2n) is 8.95. The summed E-state index contributed by atoms with van der Waals surface area (Å²) in [6.45, 7) is 1.73. The molecule has 41 heavy (non-hydrogen) atoms. The fraction of sp³-hybridized carbons (Fsp3) is 0.172. The highest BCUT2D eigenvalue weighted by Crippen LogP contribution is 2.39. The first kappa shape index (κ1) is 29.9. The van der Waals surface area contributed by atoms with Gasteiger partial charge in [0.1, 0.15) is 51.8 Å². The lowest BCUT2D eigenvalue weighted by molar-refractivity contribution is -0.189. The van der Waals surface area contributed by atoms with Crippen LogP contribution in [0.4, 0.5) is 48.3 Å². The maximum atomic E-state index is 14.8. The molecule has 4 rings (SSSR count). The number of halogens is 11. The van der Waals surface area contributed by atoms with Crippen molar-refractivity contribution in [2.45, 2.75) is 32.1 Å². The Kier molecular flexibility index (Phi) is 8.06. The van der Waals surface area contributed by atoms with Gasteiger partial charge in [-0.2, -0.15) is 22.0 Å². The molecular weight excluding hydrogens is 573 g/mol. The van der Waals surface area contributed by atoms with E-state index in [2.05, 4.69) is 4.74 Å². The van der Waals surface area contributed by atoms with E-state index in [0.29, 0.717) is 30.7 Å². The predicted molar refractivity (Wildman–Crippen MR) is 127 cm³/mol. The van der Waals surface area contributed by atoms with Crippen LogP contribution in [0.2, 0.25) is 0 Å². The second kappa shape index (κ2) is 11.1. The molecule has 0 aliphatic carbocycles. The van der Waals surface area contributed by atoms with Crippen LogP contribution in [0.1, 0.15) is 30.0 Å². The zero-order valence-corrected chi connectivity index (χ0v) is 20.8. The fourth-order valence-corrected chi connectivity index (χ4v) is 4.25. The molecular formula is C29H17F11O. The van der Waals surface area contributed by atoms with Crippen molar-refractivity contribution in [3.05, 3.63) is 112 Å². The number of hydrogen-bond acceptors (Lipinski definition) is 1. The van der Waals surface area contributed by atoms with Crippen molar-refractivity contribution in [2.24, 2.45) is 0 Å². The Morgan fingerprint density at radius 1 is 0.561 bits per heavy atom. The molecule has 0 fully saturated rings. The summed E-state index contributed by atoms with van der Waals surface area (Å²) in [4.78, 5) is 0. The van der Waals surface area contributed by atoms with Crippen molar-refractivity contribution in [1.82, 2.24) is 0 Å². The Labute approximate surface area is 225 Å². The highest BCUT2D eigenvalue weighted by Gasteiger charge is 2.41. The van der Waals surface area contributed by atoms with Gasteiger partial charge in [-0.3, -0.25) is 0 Å². The van der Waals surface area contributed by atoms with Crippen molar-refractivity contribution < 1.29 is 53.0 Å². The molecule has 0 aliphatic heterocycles. The van der Waals surface area contributed by atoms with Crippen molar-refractivity contribution in [2.75, 3.05) is 0 Å². The van der Waals surface area contributed by atoms with Gasteiger partial charge < -0.3 is 4.74 Å². The van der Waals surface area contributed by atoms with Crippen LogP contribution in [-0.4, -0.2) is 0 Å². The summed E-state index contributed by atoms with van der Waals surface area (Å²) in [6.07, 6.45) is -9.11. The minimum atomic E-state index is -5.33. The van der Waals surface area contributed by atoms with E-state index in [1.165, 1.54) is 0 Å². The van der Waals surface area contributed by atoms with Crippen molar-refractivity contribution in [3.63, 3.8) is 0 Å². The lowest BCUT2D eigenvalue weighted by atomic mass is 9.98. The minimum Gasteiger partial charge on any atom is -0.429 e. The number of alkyl halides is 5. The highest BCUT2D eigenvalue weighted by molar-refractivity contribution is 5.72. The van der Waals surface area contributed by atoms with E-state index in [1.807, 2.05) is 0 Å². The Balaban J connectivity index is 1.61. The lowest BCUT2D eigenvalue weighted by Crippen LogP contribution is -2.25. The maximum Gasteiger partial charge on any atom is 0.432 e. The van der Waals surface area contributed by atoms with Crippen LogP contribution in [0.25, 0.3) is 22.3 Å². The largest absolute Gasteiger partial charge is 0.432 e. The third-order valence-electron chi connectivity index (χ3n) is 6.03. The van der Waals surface area contributed by atoms with Crippen molar-refractivity contribution in [3.8, 4) is 28.0 Å². The van der Waals surface area contributed by atoms with E-state index >= 15 is 0 Å². The summed E-state index contributed by atoms with van der Waals surface area (Å²) in [5.74, 6) is -10.3. The lowest BCUT2D eigenvalue weighted by Gasteiger charge is -2.20. The van der Waals surface area contributed by atoms with E-state index in [9.17, 15) is 48.3 Å². The maximum absolute atomic E-state index is 14.8. The Bertz CT molecular complexity index is 1560. The SMILES string of the molecule is CCCc1cc(F)c(C(F)(F)Oc2ccc(-c3ccc(-c4cc(F)c(C(F)(F)F)c(F)c4)c(F)c3)c(F)c2)c(F)c1. The quantitative estimate of drug-likeness (QED) is 0.195. The molecule has 0 aromatic heterocycles. The van der Waals surface area contributed by atoms with Crippen molar-refractivity contribution in [1.29, 1.82) is 0 Å². The molecule has 0 aliphatic rings. The van der Waals surface area contributed by atoms with Gasteiger partial charge in [0, 0.05) is 17.2 Å². The molecule has 4 aromatic carbocycles. The summed E-state index contributed by atoms with van der Waals surface area (Å²) in [5.41, 5.74) is -5.26. The van der Waals surface area contributed by atoms with Crippen LogP contribution >= 0.6 is 0 Å². The van der Waals surface area contributed by atoms with Crippen LogP contribution in [0.5, 0.6) is 5.75 Å². The average Bonchev–Trinajstić information content (AvgIpc) is 2.82. The number of rotatable bonds is 7. The van der Waals surface area contributed by atoms with Crippen LogP contribution in [0.15, 0.2) is 60.7 Å². The normalized spacial score (nSPS) is 12.1. The van der Waals surface area contributed by atoms with Gasteiger partial charge in [-0.05, 0) is 65.6 Å². The third-order valence-corrected chi connectivity index (χ3v) is 6.03. The molecule has 0 saturated carbocycles. The third kappa shape index (κ3) is 6.15. The van der Waals surface area contributed by atoms with Gasteiger partial charge in [0.05, 0.1) is 0 Å². The standard InChI is InChI=1S/C29H17F11O/c1-2-3-14-8-22(32)27(23(33)9-14)29(39,40)41-17-5-7-18(21(31)13-17)15-4-6-19(20(30)10-15)16-11-24(34)26(25(35)12-16)28(36,37)38/h4-13H,2-3H2,1H3. The summed E-state index contributed by atoms with van der Waals surface area (Å²) >= 11 is 0. The molecule has 0 amide bonds. The van der Waals surface area contributed by atoms with Gasteiger partial charge in [-0.25, -0.2) is 26.3 Å². The summed E-state index contributed by atoms with van der Waals surface area (Å²) in [5, 5.41) is 0. The minimum absolute atomic E-state index is 0.157. The monoisotopic (exact) mass is 590 g/mol. The van der Waals surface area contributed by atoms with E-state index in [-0.39, 0.29) is 23.1 Å². The molecule has 0 atom stereocenters. The van der Waals surface area contributed by atoms with Gasteiger partial charge in [-0.15, -0.1) is 0 Å². The fourth-order valence-electron chi connectivity index (χ4n) is 4.25. The Morgan fingerprint density at radius 2 is 1.05 bits per heavy atom. The van der Waals surface area contributed by atoms with E-state index < -0.39 is 75.2 Å². The first-order valence-electron chi connectivity index (χ1n) is 11.8. The molecule has 0 saturated heterocycles. The smallest absolute Gasteiger partial charge is 0.429 e. The highest BCUT2D eigenvalue weighted by atomic mass is 19.4. The van der Waals surface area contributed by atoms with Gasteiger partial charge in [0.25, 0.3) is 0 Å². The number of benzene rings is 4. The number of ether oxygens (including phenoxy) is 1. The summed E-state index contributed by atoms with van der Waals surface area (Å²) in [6, 6.07) is 6.99. The summed E-state index contributed by atoms with van der Waals surface area (Å²) in [7, 11) is 0. The van der Waals surface area contributed by atoms with Gasteiger partial charge >= 0.3 is 12.3 Å². The summed E-state index contributed by atoms with van der Waals surface area (Å²) < 4.78 is 158. The van der Waals surface area contributed by atoms with Crippen LogP contribution < -0.4 is 4.74 Å². The molecule has 216 valence electrons. The molecule has 0 spiro atoms. The molecule has 1 nitrogen and oxygen atoms in total. The second-order valence-corrected chi connectivity index (χ2v) is 8.95. The van der Waals surface area contributed by atoms with E-state index in [1.54, 1.807) is 6.92 Å². The van der Waals surface area contributed by atoms with Crippen LogP contribution in [-0.2, 0) is 18.7 Å². The van der Waals surface area contributed by atoms with Crippen molar-refractivity contribution >= 4 is 0 Å². The Hall–Kier alpha value is -4.09. The zero-order chi connectivity index (χ0) is 30.3. The number of aryl methyl sites for hydroxylation is 1. The Morgan fingerprint density at radius 3 is 1.56 bits per heavy atom. The number of hydrogen-bond donors (Lipinski definition) is 0. The molecule has 0 bridgehead atoms. The van der Waals surface area contributed by atoms with Gasteiger partial charge in [0.15, 0.2) is 0 Å². The molecule has 0 unspecified atom stereocenters. The van der Waals surface area contributed by atoms with Gasteiger partial charge in [0.2, 0.25) is 0 Å². The molecule has 12 heteroatoms. The molecule has 0 N–H and O–H groups in total. The molecule has 0 heterocycles. The molecule has 4 aromatic rings. The van der Waals surface area contributed by atoms with Crippen LogP contribution in [0, 0.1) is 34.9 Å². The average molecular weight is 590 g/mol. The zero-order valence-electron chi connectivity index (χ0n) is 20.8.